The molecule has 20 heavy (non-hydrogen) atoms. The van der Waals surface area contributed by atoms with Crippen molar-refractivity contribution in [2.24, 2.45) is 0 Å². The Kier molecular flexibility index (Phi) is 4.53. The van der Waals surface area contributed by atoms with Gasteiger partial charge in [0.1, 0.15) is 0 Å². The molecule has 1 amide bonds. The summed E-state index contributed by atoms with van der Waals surface area (Å²) >= 11 is 12.0. The summed E-state index contributed by atoms with van der Waals surface area (Å²) in [5.41, 5.74) is 2.88. The highest BCUT2D eigenvalue weighted by atomic mass is 35.5. The fraction of sp³-hybridized carbons (Fsp3) is 0.133. The van der Waals surface area contributed by atoms with Crippen molar-refractivity contribution in [3.05, 3.63) is 57.6 Å². The number of hydrogen-bond acceptors (Lipinski definition) is 2. The van der Waals surface area contributed by atoms with Gasteiger partial charge in [-0.2, -0.15) is 0 Å². The molecule has 2 aromatic carbocycles. The van der Waals surface area contributed by atoms with Gasteiger partial charge in [0.2, 0.25) is 0 Å². The molecule has 0 saturated carbocycles. The summed E-state index contributed by atoms with van der Waals surface area (Å²) < 4.78 is 0. The van der Waals surface area contributed by atoms with Gasteiger partial charge in [0.25, 0.3) is 5.91 Å². The summed E-state index contributed by atoms with van der Waals surface area (Å²) in [6, 6.07) is 10.7. The van der Waals surface area contributed by atoms with E-state index in [4.69, 9.17) is 23.2 Å². The molecular formula is C15H14Cl2N2O. The van der Waals surface area contributed by atoms with Crippen molar-refractivity contribution in [1.82, 2.24) is 0 Å². The van der Waals surface area contributed by atoms with E-state index in [0.29, 0.717) is 21.3 Å². The first-order chi connectivity index (χ1) is 9.52. The van der Waals surface area contributed by atoms with Crippen LogP contribution in [-0.2, 0) is 0 Å². The number of anilines is 2. The lowest BCUT2D eigenvalue weighted by molar-refractivity contribution is 0.102. The predicted octanol–water partition coefficient (Wildman–Crippen LogP) is 4.60. The Morgan fingerprint density at radius 3 is 2.55 bits per heavy atom. The van der Waals surface area contributed by atoms with Gasteiger partial charge in [-0.25, -0.2) is 0 Å². The van der Waals surface area contributed by atoms with Crippen LogP contribution in [0.4, 0.5) is 11.4 Å². The minimum atomic E-state index is -0.237. The summed E-state index contributed by atoms with van der Waals surface area (Å²) in [5.74, 6) is -0.237. The van der Waals surface area contributed by atoms with E-state index in [2.05, 4.69) is 10.6 Å². The second-order valence-corrected chi connectivity index (χ2v) is 5.14. The fourth-order valence-electron chi connectivity index (χ4n) is 1.85. The maximum atomic E-state index is 12.3. The van der Waals surface area contributed by atoms with Crippen molar-refractivity contribution in [3.63, 3.8) is 0 Å². The number of carbonyl (C=O) groups excluding carboxylic acids is 1. The van der Waals surface area contributed by atoms with E-state index in [1.807, 2.05) is 19.1 Å². The van der Waals surface area contributed by atoms with Crippen LogP contribution in [0, 0.1) is 6.92 Å². The molecule has 0 aliphatic rings. The van der Waals surface area contributed by atoms with Crippen molar-refractivity contribution < 1.29 is 4.79 Å². The number of aryl methyl sites for hydroxylation is 1. The third-order valence-corrected chi connectivity index (χ3v) is 3.71. The van der Waals surface area contributed by atoms with E-state index in [0.717, 1.165) is 11.3 Å². The van der Waals surface area contributed by atoms with Crippen molar-refractivity contribution in [2.75, 3.05) is 17.7 Å². The molecule has 0 fully saturated rings. The van der Waals surface area contributed by atoms with Crippen molar-refractivity contribution in [3.8, 4) is 0 Å². The van der Waals surface area contributed by atoms with Gasteiger partial charge in [-0.3, -0.25) is 4.79 Å². The SMILES string of the molecule is CNc1cc(C)ccc1C(=O)Nc1cccc(Cl)c1Cl. The van der Waals surface area contributed by atoms with E-state index >= 15 is 0 Å². The number of benzene rings is 2. The molecule has 0 aliphatic heterocycles. The van der Waals surface area contributed by atoms with Crippen LogP contribution in [-0.4, -0.2) is 13.0 Å². The van der Waals surface area contributed by atoms with E-state index in [1.165, 1.54) is 0 Å². The molecule has 0 spiro atoms. The molecule has 0 bridgehead atoms. The fourth-order valence-corrected chi connectivity index (χ4v) is 2.20. The highest BCUT2D eigenvalue weighted by Gasteiger charge is 2.13. The maximum absolute atomic E-state index is 12.3. The van der Waals surface area contributed by atoms with E-state index in [-0.39, 0.29) is 5.91 Å². The molecule has 5 heteroatoms. The standard InChI is InChI=1S/C15H14Cl2N2O/c1-9-6-7-10(13(8-9)18-2)15(20)19-12-5-3-4-11(16)14(12)17/h3-8,18H,1-2H3,(H,19,20). The van der Waals surface area contributed by atoms with E-state index in [1.54, 1.807) is 31.3 Å². The zero-order valence-corrected chi connectivity index (χ0v) is 12.6. The zero-order valence-electron chi connectivity index (χ0n) is 11.1. The summed E-state index contributed by atoms with van der Waals surface area (Å²) in [6.07, 6.45) is 0. The Morgan fingerprint density at radius 1 is 1.10 bits per heavy atom. The number of rotatable bonds is 3. The normalized spacial score (nSPS) is 10.2. The smallest absolute Gasteiger partial charge is 0.257 e. The molecule has 0 saturated heterocycles. The van der Waals surface area contributed by atoms with Gasteiger partial charge in [-0.15, -0.1) is 0 Å². The first kappa shape index (κ1) is 14.7. The lowest BCUT2D eigenvalue weighted by Gasteiger charge is -2.12. The first-order valence-electron chi connectivity index (χ1n) is 6.06. The molecular weight excluding hydrogens is 295 g/mol. The largest absolute Gasteiger partial charge is 0.387 e. The van der Waals surface area contributed by atoms with Crippen molar-refractivity contribution in [1.29, 1.82) is 0 Å². The molecule has 0 heterocycles. The van der Waals surface area contributed by atoms with Crippen LogP contribution < -0.4 is 10.6 Å². The van der Waals surface area contributed by atoms with Gasteiger partial charge in [-0.1, -0.05) is 35.3 Å². The highest BCUT2D eigenvalue weighted by Crippen LogP contribution is 2.30. The predicted molar refractivity (Wildman–Crippen MR) is 85.1 cm³/mol. The highest BCUT2D eigenvalue weighted by molar-refractivity contribution is 6.44. The first-order valence-corrected chi connectivity index (χ1v) is 6.82. The summed E-state index contributed by atoms with van der Waals surface area (Å²) in [4.78, 5) is 12.3. The Bertz CT molecular complexity index is 656. The molecule has 104 valence electrons. The summed E-state index contributed by atoms with van der Waals surface area (Å²) in [7, 11) is 1.78. The lowest BCUT2D eigenvalue weighted by Crippen LogP contribution is -2.14. The van der Waals surface area contributed by atoms with Gasteiger partial charge >= 0.3 is 0 Å². The number of carbonyl (C=O) groups is 1. The number of nitrogens with one attached hydrogen (secondary N) is 2. The van der Waals surface area contributed by atoms with Crippen LogP contribution in [0.3, 0.4) is 0 Å². The average molecular weight is 309 g/mol. The number of hydrogen-bond donors (Lipinski definition) is 2. The topological polar surface area (TPSA) is 41.1 Å². The van der Waals surface area contributed by atoms with E-state index < -0.39 is 0 Å². The molecule has 0 atom stereocenters. The van der Waals surface area contributed by atoms with Crippen LogP contribution in [0.1, 0.15) is 15.9 Å². The van der Waals surface area contributed by atoms with Gasteiger partial charge in [0, 0.05) is 12.7 Å². The van der Waals surface area contributed by atoms with Crippen LogP contribution >= 0.6 is 23.2 Å². The Morgan fingerprint density at radius 2 is 1.85 bits per heavy atom. The second kappa shape index (κ2) is 6.16. The number of halogens is 2. The Hall–Kier alpha value is -1.71. The Labute approximate surface area is 127 Å². The van der Waals surface area contributed by atoms with E-state index in [9.17, 15) is 4.79 Å². The molecule has 2 aromatic rings. The van der Waals surface area contributed by atoms with Crippen LogP contribution in [0.5, 0.6) is 0 Å². The monoisotopic (exact) mass is 308 g/mol. The number of amides is 1. The van der Waals surface area contributed by atoms with Crippen LogP contribution in [0.25, 0.3) is 0 Å². The lowest BCUT2D eigenvalue weighted by atomic mass is 10.1. The average Bonchev–Trinajstić information content (AvgIpc) is 2.43. The quantitative estimate of drug-likeness (QED) is 0.870. The molecule has 0 radical (unpaired) electrons. The maximum Gasteiger partial charge on any atom is 0.257 e. The minimum absolute atomic E-state index is 0.237. The molecule has 3 nitrogen and oxygen atoms in total. The summed E-state index contributed by atoms with van der Waals surface area (Å²) in [5, 5.41) is 6.51. The molecule has 0 unspecified atom stereocenters. The zero-order chi connectivity index (χ0) is 14.7. The third-order valence-electron chi connectivity index (χ3n) is 2.89. The van der Waals surface area contributed by atoms with Crippen LogP contribution in [0.2, 0.25) is 10.0 Å². The second-order valence-electron chi connectivity index (χ2n) is 4.35. The minimum Gasteiger partial charge on any atom is -0.387 e. The van der Waals surface area contributed by atoms with Crippen molar-refractivity contribution in [2.45, 2.75) is 6.92 Å². The molecule has 2 rings (SSSR count). The van der Waals surface area contributed by atoms with Gasteiger partial charge in [0.05, 0.1) is 21.3 Å². The molecule has 0 aliphatic carbocycles. The molecule has 2 N–H and O–H groups in total. The van der Waals surface area contributed by atoms with Crippen LogP contribution in [0.15, 0.2) is 36.4 Å². The molecule has 0 aromatic heterocycles. The van der Waals surface area contributed by atoms with Gasteiger partial charge in [0.15, 0.2) is 0 Å². The van der Waals surface area contributed by atoms with Crippen molar-refractivity contribution >= 4 is 40.5 Å². The third kappa shape index (κ3) is 3.06. The van der Waals surface area contributed by atoms with Gasteiger partial charge in [-0.05, 0) is 36.8 Å². The Balaban J connectivity index is 2.31. The van der Waals surface area contributed by atoms with Gasteiger partial charge < -0.3 is 10.6 Å². The summed E-state index contributed by atoms with van der Waals surface area (Å²) in [6.45, 7) is 1.97.